The largest absolute Gasteiger partial charge is 0.431 e. The number of aryl methyl sites for hydroxylation is 3. The number of hydrogen-bond acceptors (Lipinski definition) is 3. The number of alkyl halides is 9. The van der Waals surface area contributed by atoms with E-state index in [1.54, 1.807) is 0 Å². The Morgan fingerprint density at radius 3 is 0.758 bits per heavy atom. The van der Waals surface area contributed by atoms with Crippen LogP contribution in [0.4, 0.5) is 136 Å². The van der Waals surface area contributed by atoms with Gasteiger partial charge in [0.05, 0.1) is 48.4 Å². The Balaban J connectivity index is 0.000000206. The van der Waals surface area contributed by atoms with Crippen LogP contribution < -0.4 is 14.2 Å². The number of halogens is 34. The Bertz CT molecular complexity index is 6080. The molecule has 0 saturated carbocycles. The molecule has 0 saturated heterocycles. The van der Waals surface area contributed by atoms with Crippen molar-refractivity contribution in [2.24, 2.45) is 0 Å². The zero-order valence-corrected chi connectivity index (χ0v) is 70.5. The van der Waals surface area contributed by atoms with E-state index in [0.29, 0.717) is 134 Å². The fraction of sp³-hybridized carbons (Fsp3) is 0.221. The molecule has 0 amide bonds. The molecule has 0 aliphatic heterocycles. The molecule has 132 heavy (non-hydrogen) atoms. The quantitative estimate of drug-likeness (QED) is 0.0202. The zero-order valence-electron chi connectivity index (χ0n) is 68.3. The van der Waals surface area contributed by atoms with E-state index in [0.717, 1.165) is 88.3 Å². The summed E-state index contributed by atoms with van der Waals surface area (Å²) in [5.74, 6) is -36.8. The summed E-state index contributed by atoms with van der Waals surface area (Å²) in [7, 11) is 0. The summed E-state index contributed by atoms with van der Waals surface area (Å²) in [5.41, 5.74) is -15.4. The lowest BCUT2D eigenvalue weighted by atomic mass is 9.95. The summed E-state index contributed by atoms with van der Waals surface area (Å²) in [6.07, 6.45) is -6.36. The lowest BCUT2D eigenvalue weighted by Gasteiger charge is -2.21. The lowest BCUT2D eigenvalue weighted by molar-refractivity contribution is -0.188. The highest BCUT2D eigenvalue weighted by Gasteiger charge is 2.46. The summed E-state index contributed by atoms with van der Waals surface area (Å²) in [5, 5.41) is -3.34. The van der Waals surface area contributed by atoms with Gasteiger partial charge in [-0.1, -0.05) is 106 Å². The molecule has 0 N–H and O–H groups in total. The molecule has 12 rings (SSSR count). The third-order valence-corrected chi connectivity index (χ3v) is 20.9. The van der Waals surface area contributed by atoms with Crippen LogP contribution in [0.25, 0.3) is 66.8 Å². The first-order chi connectivity index (χ1) is 61.9. The molecule has 0 bridgehead atoms. The molecule has 3 nitrogen and oxygen atoms in total. The molecule has 0 heterocycles. The van der Waals surface area contributed by atoms with E-state index in [1.165, 1.54) is 0 Å². The average Bonchev–Trinajstić information content (AvgIpc) is 0.767. The van der Waals surface area contributed by atoms with Crippen LogP contribution in [0.5, 0.6) is 17.2 Å². The third-order valence-electron chi connectivity index (χ3n) is 20.0. The lowest BCUT2D eigenvalue weighted by Crippen LogP contribution is -2.24. The molecule has 37 heteroatoms. The molecule has 0 unspecified atom stereocenters. The van der Waals surface area contributed by atoms with Gasteiger partial charge in [-0.2, -0.15) is 39.5 Å². The number of rotatable bonds is 29. The predicted octanol–water partition coefficient (Wildman–Crippen LogP) is 33.9. The van der Waals surface area contributed by atoms with E-state index >= 15 is 30.7 Å². The number of unbranched alkanes of at least 4 members (excludes halogenated alkanes) is 6. The van der Waals surface area contributed by atoms with Crippen molar-refractivity contribution in [2.45, 2.75) is 136 Å². The van der Waals surface area contributed by atoms with E-state index in [9.17, 15) is 105 Å². The van der Waals surface area contributed by atoms with Gasteiger partial charge in [-0.15, -0.1) is 0 Å². The second-order valence-corrected chi connectivity index (χ2v) is 30.8. The molecular weight excluding hydrogens is 1880 g/mol. The van der Waals surface area contributed by atoms with Gasteiger partial charge < -0.3 is 14.2 Å². The average molecular weight is 1950 g/mol. The van der Waals surface area contributed by atoms with E-state index in [2.05, 4.69) is 14.2 Å². The molecule has 0 radical (unpaired) electrons. The van der Waals surface area contributed by atoms with Crippen molar-refractivity contribution in [3.8, 4) is 84.0 Å². The number of allylic oxidation sites excluding steroid dienone is 2. The Kier molecular flexibility index (Phi) is 33.1. The van der Waals surface area contributed by atoms with Gasteiger partial charge >= 0.3 is 24.5 Å². The maximum Gasteiger partial charge on any atom is 0.431 e. The zero-order chi connectivity index (χ0) is 97.4. The maximum absolute atomic E-state index is 15.2. The van der Waals surface area contributed by atoms with Crippen molar-refractivity contribution >= 4 is 34.8 Å². The SMILES string of the molecule is CCCC/C=C/CCc1cc(F)c(-c2cc(F)c(-c3cc(F)c(C(F)(F)Oc4cc(F)c(C(F)(F)F)c(F)c4)c(Cl)c3)c(F)c2)c(F)c1.CCCCCCc1cc(F)c(-c2cc(F)c(-c3cc(F)c(C(F)(F)Oc4cc(F)c(F)c(F)c4)c(Cl)c3)c(F)c2)c(F)c1.CCCCc1cc(F)c(-c2cc(F)c(-c3cc(F)c(C(F)(F)Oc4cc(F)c(C)c(F)c4)c(Cl)c3)c(F)c2)c(F)c1. The fourth-order valence-electron chi connectivity index (χ4n) is 13.8. The topological polar surface area (TPSA) is 27.7 Å². The van der Waals surface area contributed by atoms with Crippen LogP contribution in [-0.4, -0.2) is 0 Å². The van der Waals surface area contributed by atoms with E-state index in [1.807, 2.05) is 32.9 Å². The predicted molar refractivity (Wildman–Crippen MR) is 432 cm³/mol. The second kappa shape index (κ2) is 42.6. The second-order valence-electron chi connectivity index (χ2n) is 29.6. The monoisotopic (exact) mass is 1950 g/mol. The van der Waals surface area contributed by atoms with Gasteiger partial charge in [0.25, 0.3) is 0 Å². The molecule has 0 aliphatic carbocycles. The van der Waals surface area contributed by atoms with E-state index in [4.69, 9.17) is 34.8 Å². The Morgan fingerprint density at radius 2 is 0.477 bits per heavy atom. The summed E-state index contributed by atoms with van der Waals surface area (Å²) in [4.78, 5) is 0. The van der Waals surface area contributed by atoms with Crippen molar-refractivity contribution in [1.29, 1.82) is 0 Å². The number of ether oxygens (including phenoxy) is 3. The van der Waals surface area contributed by atoms with Crippen LogP contribution in [0.15, 0.2) is 158 Å². The minimum absolute atomic E-state index is 0.0889. The summed E-state index contributed by atoms with van der Waals surface area (Å²) in [6.45, 7) is 7.01. The van der Waals surface area contributed by atoms with Crippen molar-refractivity contribution in [3.05, 3.63) is 345 Å². The fourth-order valence-corrected chi connectivity index (χ4v) is 14.8. The normalized spacial score (nSPS) is 11.9. The van der Waals surface area contributed by atoms with Gasteiger partial charge in [0.2, 0.25) is 0 Å². The first-order valence-corrected chi connectivity index (χ1v) is 40.5. The van der Waals surface area contributed by atoms with Gasteiger partial charge in [0, 0.05) is 42.0 Å². The molecule has 0 aliphatic rings. The Morgan fingerprint density at radius 1 is 0.242 bits per heavy atom. The summed E-state index contributed by atoms with van der Waals surface area (Å²) >= 11 is 17.5. The molecule has 0 atom stereocenters. The molecule has 12 aromatic rings. The maximum atomic E-state index is 15.2. The highest BCUT2D eigenvalue weighted by atomic mass is 35.5. The minimum atomic E-state index is -5.51. The molecule has 12 aromatic carbocycles. The van der Waals surface area contributed by atoms with Crippen LogP contribution in [0.2, 0.25) is 15.1 Å². The van der Waals surface area contributed by atoms with Gasteiger partial charge in [-0.3, -0.25) is 0 Å². The minimum Gasteiger partial charge on any atom is -0.429 e. The Labute approximate surface area is 746 Å². The standard InChI is InChI=1S/C34H23ClF12O.C31H21ClF10O.C30H20ClF9O/c1-2-3-4-5-6-7-8-17-9-22(36)30(23(37)10-17)19-12-24(38)29(25(39)13-19)18-11-21(35)31(26(40)14-18)34(46,47)48-20-15-27(41)32(28(42)16-20)33(43,44)45;1-2-3-4-5-6-15-7-20(33)28(21(34)8-15)17-10-22(35)27(23(36)11-17)16-9-19(32)29(24(37)12-16)31(41,42)43-18-13-25(38)30(40)26(39)14-18;1-3-4-5-15-6-22(34)28(23(35)7-15)17-9-24(36)27(25(37)10-17)16-8-19(31)29(26(38)11-16)30(39,40)41-18-12-20(32)14(2)21(33)13-18/h5-6,9-16H,2-4,7-8H2,1H3;7-14H,2-6H2,1H3;6-13H,3-5H2,1-2H3/b6-5+;;. The Hall–Kier alpha value is -11.5. The highest BCUT2D eigenvalue weighted by Crippen LogP contribution is 2.48. The molecule has 0 fully saturated rings. The first kappa shape index (κ1) is 103. The van der Waals surface area contributed by atoms with Crippen molar-refractivity contribution in [3.63, 3.8) is 0 Å². The van der Waals surface area contributed by atoms with Gasteiger partial charge in [0.1, 0.15) is 150 Å². The van der Waals surface area contributed by atoms with E-state index in [-0.39, 0.29) is 30.3 Å². The van der Waals surface area contributed by atoms with Crippen LogP contribution in [0.3, 0.4) is 0 Å². The summed E-state index contributed by atoms with van der Waals surface area (Å²) < 4.78 is 460. The van der Waals surface area contributed by atoms with Crippen molar-refractivity contribution in [1.82, 2.24) is 0 Å². The molecule has 700 valence electrons. The molecular formula is C95H64Cl3F31O3. The third kappa shape index (κ3) is 23.9. The first-order valence-electron chi connectivity index (χ1n) is 39.3. The van der Waals surface area contributed by atoms with Crippen molar-refractivity contribution in [2.75, 3.05) is 0 Å². The van der Waals surface area contributed by atoms with Crippen LogP contribution in [-0.2, 0) is 43.8 Å². The van der Waals surface area contributed by atoms with Crippen LogP contribution in [0, 0.1) is 135 Å². The number of hydrogen-bond donors (Lipinski definition) is 0. The smallest absolute Gasteiger partial charge is 0.429 e. The van der Waals surface area contributed by atoms with Gasteiger partial charge in [0.15, 0.2) is 17.5 Å². The summed E-state index contributed by atoms with van der Waals surface area (Å²) in [6, 6.07) is 13.0. The van der Waals surface area contributed by atoms with E-state index < -0.39 is 279 Å². The molecule has 0 aromatic heterocycles. The van der Waals surface area contributed by atoms with Crippen LogP contribution >= 0.6 is 34.8 Å². The van der Waals surface area contributed by atoms with Gasteiger partial charge in [-0.05, 0) is 211 Å². The highest BCUT2D eigenvalue weighted by molar-refractivity contribution is 6.32. The van der Waals surface area contributed by atoms with Crippen molar-refractivity contribution < 1.29 is 150 Å². The van der Waals surface area contributed by atoms with Gasteiger partial charge in [-0.25, -0.2) is 96.6 Å². The number of benzene rings is 12. The molecule has 0 spiro atoms. The van der Waals surface area contributed by atoms with Crippen LogP contribution in [0.1, 0.15) is 129 Å².